The van der Waals surface area contributed by atoms with Crippen molar-refractivity contribution in [1.82, 2.24) is 10.6 Å². The van der Waals surface area contributed by atoms with E-state index in [1.807, 2.05) is 6.92 Å². The van der Waals surface area contributed by atoms with Crippen molar-refractivity contribution in [3.05, 3.63) is 0 Å². The molecule has 0 radical (unpaired) electrons. The number of nitrogens with zero attached hydrogens (tertiary/aromatic N) is 1. The van der Waals surface area contributed by atoms with Crippen LogP contribution in [-0.2, 0) is 4.74 Å². The summed E-state index contributed by atoms with van der Waals surface area (Å²) in [5.41, 5.74) is 0. The van der Waals surface area contributed by atoms with Gasteiger partial charge in [0, 0.05) is 32.8 Å². The van der Waals surface area contributed by atoms with Crippen LogP contribution in [0.1, 0.15) is 33.6 Å². The third-order valence-corrected chi connectivity index (χ3v) is 2.21. The van der Waals surface area contributed by atoms with Crippen molar-refractivity contribution in [2.24, 2.45) is 10.9 Å². The van der Waals surface area contributed by atoms with Crippen LogP contribution < -0.4 is 10.6 Å². The Morgan fingerprint density at radius 2 is 1.95 bits per heavy atom. The van der Waals surface area contributed by atoms with Gasteiger partial charge in [0.25, 0.3) is 0 Å². The van der Waals surface area contributed by atoms with E-state index in [1.165, 1.54) is 0 Å². The van der Waals surface area contributed by atoms with E-state index >= 15 is 0 Å². The van der Waals surface area contributed by atoms with Crippen molar-refractivity contribution in [3.63, 3.8) is 0 Å². The molecule has 0 fully saturated rings. The van der Waals surface area contributed by atoms with Crippen LogP contribution in [0.3, 0.4) is 0 Å². The van der Waals surface area contributed by atoms with Crippen LogP contribution >= 0.6 is 0 Å². The lowest BCUT2D eigenvalue weighted by molar-refractivity contribution is -0.132. The van der Waals surface area contributed by atoms with E-state index in [0.29, 0.717) is 38.2 Å². The van der Waals surface area contributed by atoms with Crippen LogP contribution in [0.4, 0.5) is 13.2 Å². The van der Waals surface area contributed by atoms with E-state index in [2.05, 4.69) is 29.5 Å². The minimum Gasteiger partial charge on any atom is -0.381 e. The van der Waals surface area contributed by atoms with Crippen LogP contribution in [0.2, 0.25) is 0 Å². The number of alkyl halides is 3. The van der Waals surface area contributed by atoms with Crippen molar-refractivity contribution in [3.8, 4) is 0 Å². The second-order valence-electron chi connectivity index (χ2n) is 4.87. The van der Waals surface area contributed by atoms with E-state index in [9.17, 15) is 13.2 Å². The van der Waals surface area contributed by atoms with Gasteiger partial charge in [-0.2, -0.15) is 13.2 Å². The molecule has 0 unspecified atom stereocenters. The Bertz CT molecular complexity index is 268. The minimum absolute atomic E-state index is 0.167. The fraction of sp³-hybridized carbons (Fsp3) is 0.923. The molecule has 0 atom stereocenters. The lowest BCUT2D eigenvalue weighted by Gasteiger charge is -2.12. The van der Waals surface area contributed by atoms with Crippen molar-refractivity contribution in [1.29, 1.82) is 0 Å². The van der Waals surface area contributed by atoms with Gasteiger partial charge in [0.15, 0.2) is 5.96 Å². The molecule has 0 aromatic heterocycles. The summed E-state index contributed by atoms with van der Waals surface area (Å²) in [5.74, 6) is 0.917. The quantitative estimate of drug-likeness (QED) is 0.390. The Hall–Kier alpha value is -0.980. The molecule has 0 amide bonds. The smallest absolute Gasteiger partial charge is 0.381 e. The first-order valence-corrected chi connectivity index (χ1v) is 7.01. The number of hydrogen-bond acceptors (Lipinski definition) is 2. The van der Waals surface area contributed by atoms with Crippen LogP contribution in [0, 0.1) is 5.92 Å². The molecular weight excluding hydrogens is 271 g/mol. The first-order valence-electron chi connectivity index (χ1n) is 7.01. The van der Waals surface area contributed by atoms with Crippen molar-refractivity contribution >= 4 is 5.96 Å². The summed E-state index contributed by atoms with van der Waals surface area (Å²) in [6.07, 6.45) is -4.26. The Morgan fingerprint density at radius 1 is 1.25 bits per heavy atom. The summed E-state index contributed by atoms with van der Waals surface area (Å²) >= 11 is 0. The largest absolute Gasteiger partial charge is 0.390 e. The predicted molar refractivity (Wildman–Crippen MR) is 74.9 cm³/mol. The zero-order chi connectivity index (χ0) is 15.4. The minimum atomic E-state index is -4.14. The monoisotopic (exact) mass is 297 g/mol. The summed E-state index contributed by atoms with van der Waals surface area (Å²) in [4.78, 5) is 4.20. The molecule has 0 aliphatic heterocycles. The third kappa shape index (κ3) is 13.5. The van der Waals surface area contributed by atoms with Gasteiger partial charge in [0.05, 0.1) is 6.42 Å². The lowest BCUT2D eigenvalue weighted by atomic mass is 10.2. The molecule has 0 spiro atoms. The van der Waals surface area contributed by atoms with Gasteiger partial charge in [-0.05, 0) is 19.3 Å². The second-order valence-corrected chi connectivity index (χ2v) is 4.87. The molecule has 4 nitrogen and oxygen atoms in total. The fourth-order valence-corrected chi connectivity index (χ4v) is 1.34. The molecule has 0 aliphatic carbocycles. The highest BCUT2D eigenvalue weighted by Crippen LogP contribution is 2.17. The van der Waals surface area contributed by atoms with Gasteiger partial charge in [0.2, 0.25) is 0 Å². The standard InChI is InChI=1S/C13H26F3N3O/c1-4-17-12(19-8-6-13(14,15)16)18-7-5-9-20-10-11(2)3/h11H,4-10H2,1-3H3,(H2,17,18,19). The Kier molecular flexibility index (Phi) is 10.2. The Balaban J connectivity index is 3.83. The highest BCUT2D eigenvalue weighted by atomic mass is 19.4. The molecule has 0 saturated carbocycles. The molecular formula is C13H26F3N3O. The number of ether oxygens (including phenoxy) is 1. The number of nitrogens with one attached hydrogen (secondary N) is 2. The maximum absolute atomic E-state index is 12.0. The average molecular weight is 297 g/mol. The van der Waals surface area contributed by atoms with Crippen LogP contribution in [0.25, 0.3) is 0 Å². The molecule has 2 N–H and O–H groups in total. The number of rotatable bonds is 9. The Labute approximate surface area is 119 Å². The van der Waals surface area contributed by atoms with Crippen molar-refractivity contribution in [2.45, 2.75) is 39.8 Å². The first kappa shape index (κ1) is 19.0. The second kappa shape index (κ2) is 10.8. The zero-order valence-electron chi connectivity index (χ0n) is 12.5. The van der Waals surface area contributed by atoms with Gasteiger partial charge < -0.3 is 15.4 Å². The number of hydrogen-bond donors (Lipinski definition) is 2. The maximum Gasteiger partial charge on any atom is 0.390 e. The van der Waals surface area contributed by atoms with Crippen molar-refractivity contribution in [2.75, 3.05) is 32.8 Å². The van der Waals surface area contributed by atoms with Gasteiger partial charge in [0.1, 0.15) is 0 Å². The normalized spacial score (nSPS) is 12.8. The summed E-state index contributed by atoms with van der Waals surface area (Å²) in [6, 6.07) is 0. The molecule has 0 aliphatic rings. The van der Waals surface area contributed by atoms with E-state index in [1.54, 1.807) is 0 Å². The fourth-order valence-electron chi connectivity index (χ4n) is 1.34. The van der Waals surface area contributed by atoms with Gasteiger partial charge in [-0.1, -0.05) is 13.8 Å². The molecule has 7 heteroatoms. The highest BCUT2D eigenvalue weighted by molar-refractivity contribution is 5.79. The lowest BCUT2D eigenvalue weighted by Crippen LogP contribution is -2.39. The van der Waals surface area contributed by atoms with Gasteiger partial charge in [-0.15, -0.1) is 0 Å². The van der Waals surface area contributed by atoms with Gasteiger partial charge in [-0.3, -0.25) is 4.99 Å². The van der Waals surface area contributed by atoms with Crippen molar-refractivity contribution < 1.29 is 17.9 Å². The van der Waals surface area contributed by atoms with Crippen LogP contribution in [0.5, 0.6) is 0 Å². The van der Waals surface area contributed by atoms with Gasteiger partial charge >= 0.3 is 6.18 Å². The SMILES string of the molecule is CCNC(=NCCCOCC(C)C)NCCC(F)(F)F. The van der Waals surface area contributed by atoms with E-state index in [0.717, 1.165) is 6.42 Å². The molecule has 0 rings (SSSR count). The topological polar surface area (TPSA) is 45.7 Å². The third-order valence-electron chi connectivity index (χ3n) is 2.21. The zero-order valence-corrected chi connectivity index (χ0v) is 12.5. The summed E-state index contributed by atoms with van der Waals surface area (Å²) < 4.78 is 41.5. The predicted octanol–water partition coefficient (Wildman–Crippen LogP) is 2.56. The first-order chi connectivity index (χ1) is 9.35. The molecule has 20 heavy (non-hydrogen) atoms. The Morgan fingerprint density at radius 3 is 2.50 bits per heavy atom. The summed E-state index contributed by atoms with van der Waals surface area (Å²) in [5, 5.41) is 5.57. The average Bonchev–Trinajstić information content (AvgIpc) is 2.31. The van der Waals surface area contributed by atoms with E-state index in [4.69, 9.17) is 4.74 Å². The van der Waals surface area contributed by atoms with Gasteiger partial charge in [-0.25, -0.2) is 0 Å². The number of halogens is 3. The maximum atomic E-state index is 12.0. The van der Waals surface area contributed by atoms with E-state index < -0.39 is 12.6 Å². The summed E-state index contributed by atoms with van der Waals surface area (Å²) in [6.45, 7) is 8.32. The van der Waals surface area contributed by atoms with Crippen LogP contribution in [0.15, 0.2) is 4.99 Å². The molecule has 0 bridgehead atoms. The molecule has 0 aromatic carbocycles. The summed E-state index contributed by atoms with van der Waals surface area (Å²) in [7, 11) is 0. The number of guanidine groups is 1. The molecule has 0 heterocycles. The van der Waals surface area contributed by atoms with E-state index in [-0.39, 0.29) is 6.54 Å². The molecule has 0 saturated heterocycles. The molecule has 120 valence electrons. The molecule has 0 aromatic rings. The van der Waals surface area contributed by atoms with Crippen LogP contribution in [-0.4, -0.2) is 45.0 Å². The highest BCUT2D eigenvalue weighted by Gasteiger charge is 2.26. The number of aliphatic imine (C=N–C) groups is 1.